The first-order chi connectivity index (χ1) is 7.66. The molecule has 16 heavy (non-hydrogen) atoms. The molecule has 0 aromatic heterocycles. The van der Waals surface area contributed by atoms with Crippen LogP contribution in [0.2, 0.25) is 0 Å². The smallest absolute Gasteiger partial charge is 0.142 e. The molecule has 0 spiro atoms. The lowest BCUT2D eigenvalue weighted by Crippen LogP contribution is -2.23. The van der Waals surface area contributed by atoms with Gasteiger partial charge in [0.2, 0.25) is 0 Å². The zero-order chi connectivity index (χ0) is 11.5. The zero-order valence-electron chi connectivity index (χ0n) is 9.32. The first-order valence-electron chi connectivity index (χ1n) is 5.57. The number of hydrogen-bond acceptors (Lipinski definition) is 2. The second-order valence-electron chi connectivity index (χ2n) is 4.27. The average Bonchev–Trinajstić information content (AvgIpc) is 2.68. The van der Waals surface area contributed by atoms with Crippen LogP contribution in [0.5, 0.6) is 0 Å². The van der Waals surface area contributed by atoms with Crippen molar-refractivity contribution < 1.29 is 4.79 Å². The van der Waals surface area contributed by atoms with Gasteiger partial charge >= 0.3 is 0 Å². The fraction of sp³-hybridized carbons (Fsp3) is 0.385. The molecule has 0 aliphatic heterocycles. The Balaban J connectivity index is 2.02. The van der Waals surface area contributed by atoms with Gasteiger partial charge in [-0.1, -0.05) is 29.9 Å². The van der Waals surface area contributed by atoms with Crippen LogP contribution in [0.4, 0.5) is 5.69 Å². The third-order valence-corrected chi connectivity index (χ3v) is 3.33. The normalized spacial score (nSPS) is 19.8. The van der Waals surface area contributed by atoms with Crippen LogP contribution in [0.25, 0.3) is 0 Å². The van der Waals surface area contributed by atoms with E-state index in [1.165, 1.54) is 5.56 Å². The molecule has 2 nitrogen and oxygen atoms in total. The van der Waals surface area contributed by atoms with E-state index in [9.17, 15) is 4.79 Å². The van der Waals surface area contributed by atoms with E-state index in [0.29, 0.717) is 11.4 Å². The highest BCUT2D eigenvalue weighted by Gasteiger charge is 2.27. The Kier molecular flexibility index (Phi) is 3.34. The number of carbonyl (C=O) groups excluding carboxylic acids is 1. The third kappa shape index (κ3) is 2.47. The standard InChI is InChI=1S/C13H15NOS/c1-9-5-7-10(8-6-9)14-13(16)11-3-2-4-12(11)15/h5-8,11H,2-4H2,1H3,(H,14,16). The van der Waals surface area contributed by atoms with Gasteiger partial charge in [0.25, 0.3) is 0 Å². The van der Waals surface area contributed by atoms with E-state index in [-0.39, 0.29) is 11.7 Å². The molecular formula is C13H15NOS. The summed E-state index contributed by atoms with van der Waals surface area (Å²) in [5.41, 5.74) is 2.18. The number of hydrogen-bond donors (Lipinski definition) is 1. The van der Waals surface area contributed by atoms with Crippen molar-refractivity contribution in [2.75, 3.05) is 5.32 Å². The molecule has 1 saturated carbocycles. The summed E-state index contributed by atoms with van der Waals surface area (Å²) in [5.74, 6) is 0.223. The molecule has 0 bridgehead atoms. The highest BCUT2D eigenvalue weighted by molar-refractivity contribution is 7.80. The summed E-state index contributed by atoms with van der Waals surface area (Å²) in [6.45, 7) is 2.04. The predicted octanol–water partition coefficient (Wildman–Crippen LogP) is 3.10. The van der Waals surface area contributed by atoms with E-state index in [1.807, 2.05) is 31.2 Å². The Morgan fingerprint density at radius 1 is 1.38 bits per heavy atom. The molecule has 0 radical (unpaired) electrons. The van der Waals surface area contributed by atoms with Gasteiger partial charge in [-0.25, -0.2) is 0 Å². The Labute approximate surface area is 101 Å². The molecule has 0 amide bonds. The van der Waals surface area contributed by atoms with Gasteiger partial charge in [-0.3, -0.25) is 4.79 Å². The van der Waals surface area contributed by atoms with E-state index >= 15 is 0 Å². The minimum Gasteiger partial charge on any atom is -0.349 e. The quantitative estimate of drug-likeness (QED) is 0.796. The van der Waals surface area contributed by atoms with Crippen LogP contribution in [-0.4, -0.2) is 10.8 Å². The van der Waals surface area contributed by atoms with Crippen molar-refractivity contribution in [3.05, 3.63) is 29.8 Å². The minimum atomic E-state index is -0.0590. The average molecular weight is 233 g/mol. The molecule has 1 N–H and O–H groups in total. The van der Waals surface area contributed by atoms with Crippen LogP contribution in [0, 0.1) is 12.8 Å². The first kappa shape index (κ1) is 11.3. The van der Waals surface area contributed by atoms with Crippen molar-refractivity contribution in [3.63, 3.8) is 0 Å². The summed E-state index contributed by atoms with van der Waals surface area (Å²) >= 11 is 5.27. The summed E-state index contributed by atoms with van der Waals surface area (Å²) in [7, 11) is 0. The maximum Gasteiger partial charge on any atom is 0.142 e. The molecule has 1 unspecified atom stereocenters. The number of anilines is 1. The summed E-state index contributed by atoms with van der Waals surface area (Å²) in [5, 5.41) is 3.15. The van der Waals surface area contributed by atoms with E-state index in [0.717, 1.165) is 18.5 Å². The van der Waals surface area contributed by atoms with Crippen LogP contribution in [0.15, 0.2) is 24.3 Å². The number of Topliss-reactive ketones (excluding diaryl/α,β-unsaturated/α-hetero) is 1. The number of ketones is 1. The molecule has 0 saturated heterocycles. The van der Waals surface area contributed by atoms with Crippen LogP contribution in [-0.2, 0) is 4.79 Å². The summed E-state index contributed by atoms with van der Waals surface area (Å²) < 4.78 is 0. The van der Waals surface area contributed by atoms with Gasteiger partial charge in [0.1, 0.15) is 5.78 Å². The van der Waals surface area contributed by atoms with Gasteiger partial charge in [0.05, 0.1) is 10.9 Å². The second kappa shape index (κ2) is 4.74. The van der Waals surface area contributed by atoms with Gasteiger partial charge in [-0.2, -0.15) is 0 Å². The maximum absolute atomic E-state index is 11.5. The molecule has 1 aromatic rings. The Bertz CT molecular complexity index is 410. The Hall–Kier alpha value is -1.22. The molecule has 1 aromatic carbocycles. The lowest BCUT2D eigenvalue weighted by molar-refractivity contribution is -0.118. The molecule has 3 heteroatoms. The topological polar surface area (TPSA) is 29.1 Å². The monoisotopic (exact) mass is 233 g/mol. The van der Waals surface area contributed by atoms with Crippen molar-refractivity contribution in [2.24, 2.45) is 5.92 Å². The molecule has 1 aliphatic rings. The predicted molar refractivity (Wildman–Crippen MR) is 69.7 cm³/mol. The van der Waals surface area contributed by atoms with E-state index in [2.05, 4.69) is 5.32 Å². The lowest BCUT2D eigenvalue weighted by atomic mass is 10.1. The number of rotatable bonds is 2. The molecule has 1 atom stereocenters. The van der Waals surface area contributed by atoms with E-state index in [1.54, 1.807) is 0 Å². The summed E-state index contributed by atoms with van der Waals surface area (Å²) in [4.78, 5) is 12.2. The molecule has 84 valence electrons. The molecule has 2 rings (SSSR count). The van der Waals surface area contributed by atoms with Crippen LogP contribution in [0.3, 0.4) is 0 Å². The molecule has 1 aliphatic carbocycles. The van der Waals surface area contributed by atoms with Crippen LogP contribution in [0.1, 0.15) is 24.8 Å². The van der Waals surface area contributed by atoms with Gasteiger partial charge in [0.15, 0.2) is 0 Å². The summed E-state index contributed by atoms with van der Waals surface area (Å²) in [6.07, 6.45) is 2.55. The number of carbonyl (C=O) groups is 1. The highest BCUT2D eigenvalue weighted by atomic mass is 32.1. The van der Waals surface area contributed by atoms with Gasteiger partial charge in [-0.15, -0.1) is 0 Å². The van der Waals surface area contributed by atoms with Crippen molar-refractivity contribution in [1.82, 2.24) is 0 Å². The number of benzene rings is 1. The fourth-order valence-corrected chi connectivity index (χ4v) is 2.33. The number of thiocarbonyl (C=S) groups is 1. The van der Waals surface area contributed by atoms with Crippen molar-refractivity contribution in [1.29, 1.82) is 0 Å². The third-order valence-electron chi connectivity index (χ3n) is 2.94. The van der Waals surface area contributed by atoms with E-state index in [4.69, 9.17) is 12.2 Å². The molecule has 1 fully saturated rings. The molecule has 0 heterocycles. The van der Waals surface area contributed by atoms with Gasteiger partial charge in [0, 0.05) is 12.1 Å². The van der Waals surface area contributed by atoms with Crippen LogP contribution >= 0.6 is 12.2 Å². The Morgan fingerprint density at radius 3 is 2.62 bits per heavy atom. The second-order valence-corrected chi connectivity index (χ2v) is 4.71. The van der Waals surface area contributed by atoms with Gasteiger partial charge in [-0.05, 0) is 31.9 Å². The summed E-state index contributed by atoms with van der Waals surface area (Å²) in [6, 6.07) is 8.03. The minimum absolute atomic E-state index is 0.0590. The lowest BCUT2D eigenvalue weighted by Gasteiger charge is -2.12. The first-order valence-corrected chi connectivity index (χ1v) is 5.98. The van der Waals surface area contributed by atoms with Crippen molar-refractivity contribution in [2.45, 2.75) is 26.2 Å². The fourth-order valence-electron chi connectivity index (χ4n) is 1.96. The number of nitrogens with one attached hydrogen (secondary N) is 1. The van der Waals surface area contributed by atoms with Crippen molar-refractivity contribution >= 4 is 28.7 Å². The molecular weight excluding hydrogens is 218 g/mol. The zero-order valence-corrected chi connectivity index (χ0v) is 10.1. The Morgan fingerprint density at radius 2 is 2.06 bits per heavy atom. The van der Waals surface area contributed by atoms with Crippen molar-refractivity contribution in [3.8, 4) is 0 Å². The largest absolute Gasteiger partial charge is 0.349 e. The van der Waals surface area contributed by atoms with E-state index < -0.39 is 0 Å². The number of aryl methyl sites for hydroxylation is 1. The highest BCUT2D eigenvalue weighted by Crippen LogP contribution is 2.23. The van der Waals surface area contributed by atoms with Crippen LogP contribution < -0.4 is 5.32 Å². The SMILES string of the molecule is Cc1ccc(NC(=S)C2CCCC2=O)cc1. The maximum atomic E-state index is 11.5. The van der Waals surface area contributed by atoms with Gasteiger partial charge < -0.3 is 5.32 Å².